The third-order valence-corrected chi connectivity index (χ3v) is 5.39. The van der Waals surface area contributed by atoms with Crippen molar-refractivity contribution in [3.8, 4) is 11.3 Å². The molecule has 2 atom stereocenters. The first-order valence-electron chi connectivity index (χ1n) is 10.2. The number of nitrogens with one attached hydrogen (secondary N) is 1. The largest absolute Gasteiger partial charge is 0.338 e. The Kier molecular flexibility index (Phi) is 6.05. The van der Waals surface area contributed by atoms with Crippen molar-refractivity contribution in [3.05, 3.63) is 48.0 Å². The maximum absolute atomic E-state index is 13.6. The number of hydrogen-bond acceptors (Lipinski definition) is 7. The van der Waals surface area contributed by atoms with E-state index >= 15 is 0 Å². The van der Waals surface area contributed by atoms with Crippen LogP contribution in [0.25, 0.3) is 11.3 Å². The van der Waals surface area contributed by atoms with Gasteiger partial charge in [0.1, 0.15) is 11.6 Å². The molecular formula is C22H20F2N6O4. The van der Waals surface area contributed by atoms with Gasteiger partial charge in [0.25, 0.3) is 5.91 Å². The number of imide groups is 1. The molecule has 12 heteroatoms. The van der Waals surface area contributed by atoms with E-state index in [4.69, 9.17) is 0 Å². The molecule has 1 aromatic carbocycles. The second-order valence-electron chi connectivity index (χ2n) is 7.90. The maximum atomic E-state index is 13.6. The molecule has 4 rings (SSSR count). The second-order valence-corrected chi connectivity index (χ2v) is 7.90. The number of rotatable bonds is 6. The van der Waals surface area contributed by atoms with Crippen LogP contribution in [-0.4, -0.2) is 82.0 Å². The Bertz CT molecular complexity index is 1220. The SMILES string of the molecule is CC(=O)CN1C(=O)C2C(N=CN2CC(=O)Nc2cccc(-c3ccc(F)c(F)c3)n2)N(C)C1=O. The van der Waals surface area contributed by atoms with Crippen LogP contribution >= 0.6 is 0 Å². The number of Topliss-reactive ketones (excluding diaryl/α,β-unsaturated/α-hetero) is 1. The first-order valence-corrected chi connectivity index (χ1v) is 10.2. The number of carbonyl (C=O) groups is 4. The number of pyridine rings is 1. The lowest BCUT2D eigenvalue weighted by molar-refractivity contribution is -0.140. The van der Waals surface area contributed by atoms with E-state index in [1.807, 2.05) is 0 Å². The van der Waals surface area contributed by atoms with E-state index in [0.29, 0.717) is 11.3 Å². The Morgan fingerprint density at radius 1 is 1.09 bits per heavy atom. The van der Waals surface area contributed by atoms with E-state index in [9.17, 15) is 28.0 Å². The van der Waals surface area contributed by atoms with Gasteiger partial charge in [-0.2, -0.15) is 0 Å². The molecule has 1 fully saturated rings. The minimum absolute atomic E-state index is 0.167. The number of benzene rings is 1. The summed E-state index contributed by atoms with van der Waals surface area (Å²) in [5.74, 6) is -3.33. The molecule has 0 spiro atoms. The van der Waals surface area contributed by atoms with Gasteiger partial charge in [0, 0.05) is 12.6 Å². The molecule has 1 aromatic heterocycles. The average molecular weight is 470 g/mol. The summed E-state index contributed by atoms with van der Waals surface area (Å²) in [4.78, 5) is 61.4. The van der Waals surface area contributed by atoms with E-state index in [1.54, 1.807) is 12.1 Å². The van der Waals surface area contributed by atoms with Crippen LogP contribution in [0.15, 0.2) is 41.4 Å². The highest BCUT2D eigenvalue weighted by atomic mass is 19.2. The first kappa shape index (κ1) is 23.0. The van der Waals surface area contributed by atoms with Gasteiger partial charge in [0.05, 0.1) is 25.1 Å². The standard InChI is InChI=1S/C22H20F2N6O4/c1-12(31)9-30-21(33)19-20(28(2)22(30)34)25-11-29(19)10-18(32)27-17-5-3-4-16(26-17)13-6-7-14(23)15(24)8-13/h3-8,11,19-20H,9-10H2,1-2H3,(H,26,27,32). The molecular weight excluding hydrogens is 450 g/mol. The Labute approximate surface area is 192 Å². The van der Waals surface area contributed by atoms with Crippen LogP contribution in [0.2, 0.25) is 0 Å². The Balaban J connectivity index is 1.47. The van der Waals surface area contributed by atoms with Gasteiger partial charge in [0.2, 0.25) is 5.91 Å². The second kappa shape index (κ2) is 8.96. The van der Waals surface area contributed by atoms with Gasteiger partial charge >= 0.3 is 6.03 Å². The number of hydrogen-bond donors (Lipinski definition) is 1. The van der Waals surface area contributed by atoms with Gasteiger partial charge in [-0.25, -0.2) is 23.6 Å². The van der Waals surface area contributed by atoms with Gasteiger partial charge in [-0.05, 0) is 37.3 Å². The van der Waals surface area contributed by atoms with Crippen LogP contribution in [0.3, 0.4) is 0 Å². The van der Waals surface area contributed by atoms with Crippen molar-refractivity contribution in [2.24, 2.45) is 4.99 Å². The summed E-state index contributed by atoms with van der Waals surface area (Å²) in [6, 6.07) is 6.47. The zero-order valence-electron chi connectivity index (χ0n) is 18.2. The highest BCUT2D eigenvalue weighted by molar-refractivity contribution is 6.05. The molecule has 4 amide bonds. The number of nitrogens with zero attached hydrogens (tertiary/aromatic N) is 5. The van der Waals surface area contributed by atoms with Gasteiger partial charge in [-0.3, -0.25) is 19.3 Å². The molecule has 0 saturated carbocycles. The van der Waals surface area contributed by atoms with Crippen molar-refractivity contribution >= 4 is 35.8 Å². The Morgan fingerprint density at radius 3 is 2.56 bits per heavy atom. The number of halogens is 2. The summed E-state index contributed by atoms with van der Waals surface area (Å²) in [7, 11) is 1.47. The van der Waals surface area contributed by atoms with Crippen molar-refractivity contribution in [1.29, 1.82) is 0 Å². The molecule has 0 aliphatic carbocycles. The van der Waals surface area contributed by atoms with Crippen molar-refractivity contribution in [2.75, 3.05) is 25.5 Å². The number of amides is 4. The average Bonchev–Trinajstić information content (AvgIpc) is 3.20. The monoisotopic (exact) mass is 470 g/mol. The highest BCUT2D eigenvalue weighted by Gasteiger charge is 2.50. The van der Waals surface area contributed by atoms with Gasteiger partial charge in [-0.15, -0.1) is 0 Å². The highest BCUT2D eigenvalue weighted by Crippen LogP contribution is 2.25. The summed E-state index contributed by atoms with van der Waals surface area (Å²) in [6.45, 7) is 0.625. The molecule has 0 radical (unpaired) electrons. The van der Waals surface area contributed by atoms with Gasteiger partial charge in [-0.1, -0.05) is 6.07 Å². The molecule has 1 saturated heterocycles. The molecule has 34 heavy (non-hydrogen) atoms. The number of fused-ring (bicyclic) bond motifs is 1. The summed E-state index contributed by atoms with van der Waals surface area (Å²) in [5, 5.41) is 2.60. The van der Waals surface area contributed by atoms with E-state index < -0.39 is 41.7 Å². The fourth-order valence-electron chi connectivity index (χ4n) is 3.79. The van der Waals surface area contributed by atoms with E-state index in [1.165, 1.54) is 42.2 Å². The van der Waals surface area contributed by atoms with Crippen LogP contribution in [0, 0.1) is 11.6 Å². The van der Waals surface area contributed by atoms with Crippen molar-refractivity contribution in [2.45, 2.75) is 19.1 Å². The quantitative estimate of drug-likeness (QED) is 0.684. The lowest BCUT2D eigenvalue weighted by Gasteiger charge is -2.40. The van der Waals surface area contributed by atoms with Crippen molar-refractivity contribution in [1.82, 2.24) is 19.7 Å². The van der Waals surface area contributed by atoms with E-state index in [-0.39, 0.29) is 24.7 Å². The third kappa shape index (κ3) is 4.34. The molecule has 2 aliphatic heterocycles. The summed E-state index contributed by atoms with van der Waals surface area (Å²) in [6.07, 6.45) is 0.504. The van der Waals surface area contributed by atoms with Crippen LogP contribution in [-0.2, 0) is 14.4 Å². The lowest BCUT2D eigenvalue weighted by Crippen LogP contribution is -2.65. The molecule has 10 nitrogen and oxygen atoms in total. The summed E-state index contributed by atoms with van der Waals surface area (Å²) in [5.41, 5.74) is 0.651. The topological polar surface area (TPSA) is 115 Å². The fourth-order valence-corrected chi connectivity index (χ4v) is 3.79. The summed E-state index contributed by atoms with van der Waals surface area (Å²) < 4.78 is 26.8. The number of carbonyl (C=O) groups excluding carboxylic acids is 4. The minimum Gasteiger partial charge on any atom is -0.338 e. The first-order chi connectivity index (χ1) is 16.2. The number of ketones is 1. The Morgan fingerprint density at radius 2 is 1.85 bits per heavy atom. The predicted molar refractivity (Wildman–Crippen MR) is 117 cm³/mol. The summed E-state index contributed by atoms with van der Waals surface area (Å²) >= 11 is 0. The Hall–Kier alpha value is -4.22. The van der Waals surface area contributed by atoms with E-state index in [2.05, 4.69) is 15.3 Å². The van der Waals surface area contributed by atoms with Crippen LogP contribution < -0.4 is 5.32 Å². The molecule has 1 N–H and O–H groups in total. The third-order valence-electron chi connectivity index (χ3n) is 5.39. The number of likely N-dealkylation sites (N-methyl/N-ethyl adjacent to an activating group) is 1. The van der Waals surface area contributed by atoms with Crippen LogP contribution in [0.4, 0.5) is 19.4 Å². The smallest absolute Gasteiger partial charge is 0.328 e. The predicted octanol–water partition coefficient (Wildman–Crippen LogP) is 1.49. The van der Waals surface area contributed by atoms with Gasteiger partial charge in [0.15, 0.2) is 23.8 Å². The number of anilines is 1. The molecule has 2 unspecified atom stereocenters. The molecule has 2 aromatic rings. The molecule has 3 heterocycles. The lowest BCUT2D eigenvalue weighted by atomic mass is 10.1. The number of aliphatic imine (C=N–C) groups is 1. The minimum atomic E-state index is -1.02. The van der Waals surface area contributed by atoms with Crippen LogP contribution in [0.5, 0.6) is 0 Å². The van der Waals surface area contributed by atoms with Gasteiger partial charge < -0.3 is 15.1 Å². The fraction of sp³-hybridized carbons (Fsp3) is 0.273. The van der Waals surface area contributed by atoms with Crippen molar-refractivity contribution < 1.29 is 28.0 Å². The normalized spacial score (nSPS) is 19.5. The van der Waals surface area contributed by atoms with Crippen molar-refractivity contribution in [3.63, 3.8) is 0 Å². The molecule has 0 bridgehead atoms. The number of urea groups is 1. The zero-order chi connectivity index (χ0) is 24.6. The van der Waals surface area contributed by atoms with E-state index in [0.717, 1.165) is 17.0 Å². The number of aromatic nitrogens is 1. The molecule has 2 aliphatic rings. The maximum Gasteiger partial charge on any atom is 0.328 e. The zero-order valence-corrected chi connectivity index (χ0v) is 18.2. The van der Waals surface area contributed by atoms with Crippen LogP contribution in [0.1, 0.15) is 6.92 Å². The molecule has 176 valence electrons.